The van der Waals surface area contributed by atoms with Crippen molar-refractivity contribution in [2.24, 2.45) is 11.7 Å². The first kappa shape index (κ1) is 17.1. The fourth-order valence-corrected chi connectivity index (χ4v) is 3.42. The standard InChI is InChI=1S/C16H28N2O4/c1-5-21-13(19)12-8-9-16(10-17,11-6-7-11)18(12)14(20)22-15(2,3)4/h11-12H,5-10,17H2,1-4H3/t12-,16+/m0/s1. The second-order valence-corrected chi connectivity index (χ2v) is 7.24. The zero-order valence-corrected chi connectivity index (χ0v) is 14.1. The molecular weight excluding hydrogens is 284 g/mol. The number of amides is 1. The molecule has 0 spiro atoms. The molecule has 1 heterocycles. The summed E-state index contributed by atoms with van der Waals surface area (Å²) >= 11 is 0. The molecule has 0 unspecified atom stereocenters. The zero-order valence-electron chi connectivity index (χ0n) is 14.1. The first-order chi connectivity index (χ1) is 10.2. The molecule has 0 aromatic heterocycles. The van der Waals surface area contributed by atoms with E-state index in [0.29, 0.717) is 25.5 Å². The minimum Gasteiger partial charge on any atom is -0.464 e. The van der Waals surface area contributed by atoms with Crippen LogP contribution in [0.4, 0.5) is 4.79 Å². The van der Waals surface area contributed by atoms with Crippen LogP contribution >= 0.6 is 0 Å². The summed E-state index contributed by atoms with van der Waals surface area (Å²) in [6, 6.07) is -0.584. The third-order valence-electron chi connectivity index (χ3n) is 4.48. The van der Waals surface area contributed by atoms with Gasteiger partial charge in [-0.3, -0.25) is 4.90 Å². The lowest BCUT2D eigenvalue weighted by molar-refractivity contribution is -0.149. The monoisotopic (exact) mass is 312 g/mol. The zero-order chi connectivity index (χ0) is 16.5. The molecule has 1 saturated carbocycles. The number of esters is 1. The number of nitrogens with zero attached hydrogens (tertiary/aromatic N) is 1. The second kappa shape index (κ2) is 6.07. The average Bonchev–Trinajstić information content (AvgIpc) is 3.17. The maximum absolute atomic E-state index is 12.7. The lowest BCUT2D eigenvalue weighted by Gasteiger charge is -2.40. The predicted octanol–water partition coefficient (Wildman–Crippen LogP) is 2.06. The summed E-state index contributed by atoms with van der Waals surface area (Å²) in [7, 11) is 0. The molecule has 2 N–H and O–H groups in total. The van der Waals surface area contributed by atoms with Gasteiger partial charge in [-0.15, -0.1) is 0 Å². The third kappa shape index (κ3) is 3.21. The van der Waals surface area contributed by atoms with E-state index in [-0.39, 0.29) is 5.97 Å². The van der Waals surface area contributed by atoms with Gasteiger partial charge >= 0.3 is 12.1 Å². The van der Waals surface area contributed by atoms with Gasteiger partial charge in [-0.2, -0.15) is 0 Å². The van der Waals surface area contributed by atoms with Crippen LogP contribution < -0.4 is 5.73 Å². The van der Waals surface area contributed by atoms with Crippen molar-refractivity contribution in [3.63, 3.8) is 0 Å². The Hall–Kier alpha value is -1.30. The van der Waals surface area contributed by atoms with Crippen molar-refractivity contribution in [1.29, 1.82) is 0 Å². The van der Waals surface area contributed by atoms with Gasteiger partial charge in [0.15, 0.2) is 0 Å². The Kier molecular flexibility index (Phi) is 4.70. The number of nitrogens with two attached hydrogens (primary N) is 1. The third-order valence-corrected chi connectivity index (χ3v) is 4.48. The van der Waals surface area contributed by atoms with E-state index in [4.69, 9.17) is 15.2 Å². The van der Waals surface area contributed by atoms with Gasteiger partial charge in [-0.05, 0) is 59.3 Å². The number of hydrogen-bond acceptors (Lipinski definition) is 5. The van der Waals surface area contributed by atoms with Crippen molar-refractivity contribution in [1.82, 2.24) is 4.90 Å². The molecule has 1 aliphatic heterocycles. The molecule has 1 aliphatic carbocycles. The highest BCUT2D eigenvalue weighted by Crippen LogP contribution is 2.50. The van der Waals surface area contributed by atoms with Crippen LogP contribution in [0.2, 0.25) is 0 Å². The first-order valence-corrected chi connectivity index (χ1v) is 8.14. The summed E-state index contributed by atoms with van der Waals surface area (Å²) in [6.07, 6.45) is 2.96. The number of rotatable bonds is 4. The molecule has 2 atom stereocenters. The SMILES string of the molecule is CCOC(=O)[C@@H]1CC[C@@](CN)(C2CC2)N1C(=O)OC(C)(C)C. The van der Waals surface area contributed by atoms with Crippen molar-refractivity contribution in [2.75, 3.05) is 13.2 Å². The van der Waals surface area contributed by atoms with Crippen LogP contribution in [0.15, 0.2) is 0 Å². The van der Waals surface area contributed by atoms with E-state index in [1.807, 2.05) is 20.8 Å². The predicted molar refractivity (Wildman–Crippen MR) is 82.2 cm³/mol. The Morgan fingerprint density at radius 2 is 1.91 bits per heavy atom. The van der Waals surface area contributed by atoms with E-state index in [1.54, 1.807) is 11.8 Å². The normalized spacial score (nSPS) is 28.6. The lowest BCUT2D eigenvalue weighted by atomic mass is 9.90. The minimum atomic E-state index is -0.608. The maximum atomic E-state index is 12.7. The first-order valence-electron chi connectivity index (χ1n) is 8.14. The van der Waals surface area contributed by atoms with Crippen LogP contribution in [0, 0.1) is 5.92 Å². The Bertz CT molecular complexity index is 442. The van der Waals surface area contributed by atoms with Gasteiger partial charge in [-0.1, -0.05) is 0 Å². The van der Waals surface area contributed by atoms with Crippen molar-refractivity contribution in [2.45, 2.75) is 70.6 Å². The highest BCUT2D eigenvalue weighted by Gasteiger charge is 2.58. The summed E-state index contributed by atoms with van der Waals surface area (Å²) in [5.74, 6) is 0.00813. The van der Waals surface area contributed by atoms with Crippen LogP contribution in [0.25, 0.3) is 0 Å². The van der Waals surface area contributed by atoms with Gasteiger partial charge in [0, 0.05) is 6.54 Å². The minimum absolute atomic E-state index is 0.302. The molecule has 0 bridgehead atoms. The van der Waals surface area contributed by atoms with Gasteiger partial charge in [0.25, 0.3) is 0 Å². The topological polar surface area (TPSA) is 81.9 Å². The summed E-state index contributed by atoms with van der Waals surface area (Å²) in [4.78, 5) is 26.6. The van der Waals surface area contributed by atoms with E-state index >= 15 is 0 Å². The van der Waals surface area contributed by atoms with Gasteiger partial charge in [0.05, 0.1) is 12.1 Å². The second-order valence-electron chi connectivity index (χ2n) is 7.24. The van der Waals surface area contributed by atoms with Crippen molar-refractivity contribution < 1.29 is 19.1 Å². The van der Waals surface area contributed by atoms with Gasteiger partial charge in [0.1, 0.15) is 11.6 Å². The van der Waals surface area contributed by atoms with Crippen LogP contribution in [0.1, 0.15) is 53.4 Å². The number of carbonyl (C=O) groups excluding carboxylic acids is 2. The largest absolute Gasteiger partial charge is 0.464 e. The quantitative estimate of drug-likeness (QED) is 0.804. The summed E-state index contributed by atoms with van der Waals surface area (Å²) < 4.78 is 10.7. The summed E-state index contributed by atoms with van der Waals surface area (Å²) in [5.41, 5.74) is 4.97. The molecule has 1 amide bonds. The van der Waals surface area contributed by atoms with E-state index in [9.17, 15) is 9.59 Å². The Morgan fingerprint density at radius 1 is 1.27 bits per heavy atom. The Labute approximate surface area is 132 Å². The number of hydrogen-bond donors (Lipinski definition) is 1. The summed E-state index contributed by atoms with van der Waals surface area (Å²) in [5, 5.41) is 0. The highest BCUT2D eigenvalue weighted by molar-refractivity contribution is 5.83. The van der Waals surface area contributed by atoms with Gasteiger partial charge in [-0.25, -0.2) is 9.59 Å². The van der Waals surface area contributed by atoms with Crippen LogP contribution in [-0.2, 0) is 14.3 Å². The number of ether oxygens (including phenoxy) is 2. The fourth-order valence-electron chi connectivity index (χ4n) is 3.42. The molecule has 0 aromatic rings. The van der Waals surface area contributed by atoms with Crippen molar-refractivity contribution in [3.8, 4) is 0 Å². The van der Waals surface area contributed by atoms with Crippen molar-refractivity contribution in [3.05, 3.63) is 0 Å². The molecule has 6 heteroatoms. The molecule has 2 fully saturated rings. The molecule has 2 aliphatic rings. The maximum Gasteiger partial charge on any atom is 0.411 e. The van der Waals surface area contributed by atoms with E-state index in [0.717, 1.165) is 19.3 Å². The number of carbonyl (C=O) groups is 2. The van der Waals surface area contributed by atoms with E-state index in [1.165, 1.54) is 0 Å². The number of likely N-dealkylation sites (tertiary alicyclic amines) is 1. The molecule has 22 heavy (non-hydrogen) atoms. The van der Waals surface area contributed by atoms with Gasteiger partial charge in [0.2, 0.25) is 0 Å². The molecule has 6 nitrogen and oxygen atoms in total. The fraction of sp³-hybridized carbons (Fsp3) is 0.875. The molecular formula is C16H28N2O4. The Morgan fingerprint density at radius 3 is 2.36 bits per heavy atom. The Balaban J connectivity index is 2.28. The molecule has 0 radical (unpaired) electrons. The molecule has 0 aromatic carbocycles. The smallest absolute Gasteiger partial charge is 0.411 e. The average molecular weight is 312 g/mol. The molecule has 126 valence electrons. The lowest BCUT2D eigenvalue weighted by Crippen LogP contribution is -2.59. The van der Waals surface area contributed by atoms with Crippen LogP contribution in [-0.4, -0.2) is 47.3 Å². The highest BCUT2D eigenvalue weighted by atomic mass is 16.6. The van der Waals surface area contributed by atoms with Crippen LogP contribution in [0.5, 0.6) is 0 Å². The van der Waals surface area contributed by atoms with Crippen molar-refractivity contribution >= 4 is 12.1 Å². The van der Waals surface area contributed by atoms with Crippen LogP contribution in [0.3, 0.4) is 0 Å². The molecule has 2 rings (SSSR count). The summed E-state index contributed by atoms with van der Waals surface area (Å²) in [6.45, 7) is 7.88. The van der Waals surface area contributed by atoms with E-state index in [2.05, 4.69) is 0 Å². The van der Waals surface area contributed by atoms with Gasteiger partial charge < -0.3 is 15.2 Å². The molecule has 1 saturated heterocycles. The van der Waals surface area contributed by atoms with E-state index < -0.39 is 23.3 Å².